The van der Waals surface area contributed by atoms with Crippen molar-refractivity contribution < 1.29 is 14.3 Å². The third-order valence-electron chi connectivity index (χ3n) is 3.16. The van der Waals surface area contributed by atoms with E-state index in [4.69, 9.17) is 27.9 Å². The Bertz CT molecular complexity index is 797. The maximum atomic E-state index is 12.2. The van der Waals surface area contributed by atoms with Crippen LogP contribution in [0.2, 0.25) is 10.0 Å². The summed E-state index contributed by atoms with van der Waals surface area (Å²) in [5, 5.41) is 9.26. The van der Waals surface area contributed by atoms with Gasteiger partial charge < -0.3 is 20.7 Å². The lowest BCUT2D eigenvalue weighted by Gasteiger charge is -2.13. The van der Waals surface area contributed by atoms with Gasteiger partial charge in [-0.15, -0.1) is 0 Å². The van der Waals surface area contributed by atoms with Gasteiger partial charge in [-0.2, -0.15) is 0 Å². The van der Waals surface area contributed by atoms with Crippen molar-refractivity contribution in [2.24, 2.45) is 0 Å². The van der Waals surface area contributed by atoms with Gasteiger partial charge >= 0.3 is 0 Å². The maximum Gasteiger partial charge on any atom is 0.243 e. The van der Waals surface area contributed by atoms with Crippen molar-refractivity contribution in [3.63, 3.8) is 0 Å². The molecule has 0 bridgehead atoms. The minimum atomic E-state index is -0.311. The van der Waals surface area contributed by atoms with Crippen LogP contribution in [0.25, 0.3) is 0 Å². The average molecular weight is 382 g/mol. The van der Waals surface area contributed by atoms with E-state index in [-0.39, 0.29) is 18.4 Å². The quantitative estimate of drug-likeness (QED) is 0.705. The number of carbonyl (C=O) groups excluding carboxylic acids is 2. The van der Waals surface area contributed by atoms with E-state index < -0.39 is 0 Å². The van der Waals surface area contributed by atoms with Crippen molar-refractivity contribution in [2.45, 2.75) is 6.92 Å². The standard InChI is InChI=1S/C17H17Cl2N3O3/c1-10(23)21-12-4-6-16(25-2)15(8-12)22-17(24)9-20-14-7-11(18)3-5-13(14)19/h3-8,20H,9H2,1-2H3,(H,21,23)(H,22,24). The molecule has 0 saturated heterocycles. The number of ether oxygens (including phenoxy) is 1. The minimum Gasteiger partial charge on any atom is -0.495 e. The number of methoxy groups -OCH3 is 1. The van der Waals surface area contributed by atoms with Gasteiger partial charge in [-0.25, -0.2) is 0 Å². The molecule has 2 aromatic rings. The number of halogens is 2. The van der Waals surface area contributed by atoms with Gasteiger partial charge in [0, 0.05) is 17.6 Å². The summed E-state index contributed by atoms with van der Waals surface area (Å²) in [4.78, 5) is 23.3. The number of amides is 2. The molecule has 2 amide bonds. The molecule has 2 aromatic carbocycles. The zero-order chi connectivity index (χ0) is 18.4. The third-order valence-corrected chi connectivity index (χ3v) is 3.73. The Morgan fingerprint density at radius 1 is 1.04 bits per heavy atom. The Balaban J connectivity index is 2.06. The van der Waals surface area contributed by atoms with Gasteiger partial charge in [0.05, 0.1) is 30.1 Å². The second-order valence-corrected chi connectivity index (χ2v) is 5.97. The maximum absolute atomic E-state index is 12.2. The van der Waals surface area contributed by atoms with Gasteiger partial charge in [0.15, 0.2) is 0 Å². The molecular weight excluding hydrogens is 365 g/mol. The molecule has 8 heteroatoms. The molecule has 0 atom stereocenters. The normalized spacial score (nSPS) is 10.1. The number of hydrogen-bond acceptors (Lipinski definition) is 4. The number of hydrogen-bond donors (Lipinski definition) is 3. The first-order chi connectivity index (χ1) is 11.9. The fourth-order valence-corrected chi connectivity index (χ4v) is 2.45. The summed E-state index contributed by atoms with van der Waals surface area (Å²) in [6.45, 7) is 1.38. The van der Waals surface area contributed by atoms with Crippen molar-refractivity contribution in [1.29, 1.82) is 0 Å². The molecule has 25 heavy (non-hydrogen) atoms. The highest BCUT2D eigenvalue weighted by Gasteiger charge is 2.10. The van der Waals surface area contributed by atoms with Crippen LogP contribution in [-0.4, -0.2) is 25.5 Å². The predicted molar refractivity (Wildman–Crippen MR) is 101 cm³/mol. The van der Waals surface area contributed by atoms with Gasteiger partial charge in [-0.05, 0) is 36.4 Å². The highest BCUT2D eigenvalue weighted by Crippen LogP contribution is 2.28. The van der Waals surface area contributed by atoms with Crippen LogP contribution in [-0.2, 0) is 9.59 Å². The van der Waals surface area contributed by atoms with E-state index in [0.717, 1.165) is 0 Å². The summed E-state index contributed by atoms with van der Waals surface area (Å²) in [7, 11) is 1.49. The van der Waals surface area contributed by atoms with E-state index in [1.54, 1.807) is 36.4 Å². The summed E-state index contributed by atoms with van der Waals surface area (Å²) in [6, 6.07) is 9.89. The monoisotopic (exact) mass is 381 g/mol. The van der Waals surface area contributed by atoms with Crippen molar-refractivity contribution in [2.75, 3.05) is 29.6 Å². The van der Waals surface area contributed by atoms with Crippen LogP contribution in [0.1, 0.15) is 6.92 Å². The van der Waals surface area contributed by atoms with Crippen molar-refractivity contribution >= 4 is 52.1 Å². The third kappa shape index (κ3) is 5.55. The number of benzene rings is 2. The average Bonchev–Trinajstić information content (AvgIpc) is 2.55. The molecule has 0 aromatic heterocycles. The SMILES string of the molecule is COc1ccc(NC(C)=O)cc1NC(=O)CNc1cc(Cl)ccc1Cl. The van der Waals surface area contributed by atoms with E-state index >= 15 is 0 Å². The van der Waals surface area contributed by atoms with Crippen LogP contribution in [0, 0.1) is 0 Å². The van der Waals surface area contributed by atoms with Crippen molar-refractivity contribution in [3.8, 4) is 5.75 Å². The van der Waals surface area contributed by atoms with E-state index in [9.17, 15) is 9.59 Å². The van der Waals surface area contributed by atoms with Crippen molar-refractivity contribution in [1.82, 2.24) is 0 Å². The topological polar surface area (TPSA) is 79.5 Å². The molecular formula is C17H17Cl2N3O3. The lowest BCUT2D eigenvalue weighted by atomic mass is 10.2. The Kier molecular flexibility index (Phi) is 6.50. The second-order valence-electron chi connectivity index (χ2n) is 5.12. The Labute approximate surface area is 155 Å². The summed E-state index contributed by atoms with van der Waals surface area (Å²) in [6.07, 6.45) is 0. The Hall–Kier alpha value is -2.44. The number of anilines is 3. The highest BCUT2D eigenvalue weighted by molar-refractivity contribution is 6.35. The Morgan fingerprint density at radius 2 is 1.80 bits per heavy atom. The van der Waals surface area contributed by atoms with Crippen LogP contribution in [0.4, 0.5) is 17.1 Å². The smallest absolute Gasteiger partial charge is 0.243 e. The van der Waals surface area contributed by atoms with E-state index in [1.807, 2.05) is 0 Å². The molecule has 2 rings (SSSR count). The van der Waals surface area contributed by atoms with E-state index in [0.29, 0.717) is 32.9 Å². The molecule has 0 aliphatic heterocycles. The molecule has 0 saturated carbocycles. The summed E-state index contributed by atoms with van der Waals surface area (Å²) < 4.78 is 5.22. The van der Waals surface area contributed by atoms with E-state index in [2.05, 4.69) is 16.0 Å². The molecule has 6 nitrogen and oxygen atoms in total. The fourth-order valence-electron chi connectivity index (χ4n) is 2.09. The molecule has 0 radical (unpaired) electrons. The van der Waals surface area contributed by atoms with Crippen LogP contribution in [0.15, 0.2) is 36.4 Å². The van der Waals surface area contributed by atoms with E-state index in [1.165, 1.54) is 14.0 Å². The first-order valence-electron chi connectivity index (χ1n) is 7.33. The first-order valence-corrected chi connectivity index (χ1v) is 8.09. The lowest BCUT2D eigenvalue weighted by molar-refractivity contribution is -0.115. The summed E-state index contributed by atoms with van der Waals surface area (Å²) >= 11 is 12.0. The summed E-state index contributed by atoms with van der Waals surface area (Å²) in [5.74, 6) is -0.0442. The molecule has 0 spiro atoms. The largest absolute Gasteiger partial charge is 0.495 e. The van der Waals surface area contributed by atoms with Crippen LogP contribution in [0.3, 0.4) is 0 Å². The molecule has 3 N–H and O–H groups in total. The van der Waals surface area contributed by atoms with Crippen LogP contribution < -0.4 is 20.7 Å². The Morgan fingerprint density at radius 3 is 2.48 bits per heavy atom. The first kappa shape index (κ1) is 18.9. The minimum absolute atomic E-state index is 0.0203. The zero-order valence-electron chi connectivity index (χ0n) is 13.7. The number of nitrogens with one attached hydrogen (secondary N) is 3. The molecule has 0 heterocycles. The molecule has 0 aliphatic rings. The number of rotatable bonds is 6. The van der Waals surface area contributed by atoms with Gasteiger partial charge in [0.1, 0.15) is 5.75 Å². The van der Waals surface area contributed by atoms with Crippen LogP contribution in [0.5, 0.6) is 5.75 Å². The van der Waals surface area contributed by atoms with Gasteiger partial charge in [0.2, 0.25) is 11.8 Å². The highest BCUT2D eigenvalue weighted by atomic mass is 35.5. The predicted octanol–water partition coefficient (Wildman–Crippen LogP) is 4.01. The molecule has 0 fully saturated rings. The molecule has 0 unspecified atom stereocenters. The van der Waals surface area contributed by atoms with Crippen molar-refractivity contribution in [3.05, 3.63) is 46.4 Å². The fraction of sp³-hybridized carbons (Fsp3) is 0.176. The molecule has 132 valence electrons. The lowest BCUT2D eigenvalue weighted by Crippen LogP contribution is -2.22. The zero-order valence-corrected chi connectivity index (χ0v) is 15.2. The molecule has 0 aliphatic carbocycles. The van der Waals surface area contributed by atoms with Gasteiger partial charge in [-0.3, -0.25) is 9.59 Å². The van der Waals surface area contributed by atoms with Gasteiger partial charge in [-0.1, -0.05) is 23.2 Å². The second kappa shape index (κ2) is 8.60. The van der Waals surface area contributed by atoms with Gasteiger partial charge in [0.25, 0.3) is 0 Å². The number of carbonyl (C=O) groups is 2. The van der Waals surface area contributed by atoms with Crippen LogP contribution >= 0.6 is 23.2 Å². The summed E-state index contributed by atoms with van der Waals surface area (Å²) in [5.41, 5.74) is 1.55.